The molecule has 0 aliphatic heterocycles. The van der Waals surface area contributed by atoms with Crippen LogP contribution in [0.25, 0.3) is 6.08 Å². The number of carbonyl (C=O) groups excluding carboxylic acids is 1. The second kappa shape index (κ2) is 9.67. The van der Waals surface area contributed by atoms with Gasteiger partial charge in [0, 0.05) is 5.69 Å². The van der Waals surface area contributed by atoms with Crippen molar-refractivity contribution < 1.29 is 13.9 Å². The van der Waals surface area contributed by atoms with E-state index in [2.05, 4.69) is 21.2 Å². The van der Waals surface area contributed by atoms with Gasteiger partial charge in [-0.05, 0) is 69.5 Å². The average molecular weight is 451 g/mol. The lowest BCUT2D eigenvalue weighted by molar-refractivity contribution is -0.112. The molecule has 0 saturated carbocycles. The number of hydrogen-bond acceptors (Lipinski definition) is 3. The zero-order chi connectivity index (χ0) is 20.6. The molecule has 0 radical (unpaired) electrons. The highest BCUT2D eigenvalue weighted by atomic mass is 79.9. The van der Waals surface area contributed by atoms with Crippen LogP contribution < -0.4 is 10.1 Å². The van der Waals surface area contributed by atoms with Gasteiger partial charge in [0.25, 0.3) is 5.91 Å². The van der Waals surface area contributed by atoms with Gasteiger partial charge >= 0.3 is 0 Å². The van der Waals surface area contributed by atoms with Crippen molar-refractivity contribution in [2.75, 3.05) is 5.32 Å². The summed E-state index contributed by atoms with van der Waals surface area (Å²) in [4.78, 5) is 12.3. The first-order chi connectivity index (χ1) is 14.0. The number of rotatable bonds is 6. The van der Waals surface area contributed by atoms with Crippen molar-refractivity contribution in [3.8, 4) is 11.8 Å². The summed E-state index contributed by atoms with van der Waals surface area (Å²) in [6.07, 6.45) is 1.48. The molecule has 0 bridgehead atoms. The third-order valence-electron chi connectivity index (χ3n) is 3.97. The van der Waals surface area contributed by atoms with E-state index in [-0.39, 0.29) is 5.57 Å². The molecule has 0 fully saturated rings. The quantitative estimate of drug-likeness (QED) is 0.386. The van der Waals surface area contributed by atoms with E-state index < -0.39 is 11.7 Å². The van der Waals surface area contributed by atoms with E-state index in [0.29, 0.717) is 28.1 Å². The summed E-state index contributed by atoms with van der Waals surface area (Å²) in [6.45, 7) is 0.429. The molecule has 0 atom stereocenters. The second-order valence-electron chi connectivity index (χ2n) is 6.09. The zero-order valence-electron chi connectivity index (χ0n) is 15.2. The van der Waals surface area contributed by atoms with E-state index in [0.717, 1.165) is 5.56 Å². The van der Waals surface area contributed by atoms with Gasteiger partial charge in [0.15, 0.2) is 0 Å². The van der Waals surface area contributed by atoms with E-state index in [9.17, 15) is 14.4 Å². The molecule has 3 aromatic carbocycles. The Kier molecular flexibility index (Phi) is 6.77. The summed E-state index contributed by atoms with van der Waals surface area (Å²) in [5.41, 5.74) is 2.05. The molecular weight excluding hydrogens is 435 g/mol. The molecule has 1 N–H and O–H groups in total. The number of ether oxygens (including phenoxy) is 1. The van der Waals surface area contributed by atoms with Crippen molar-refractivity contribution in [1.29, 1.82) is 5.26 Å². The molecule has 0 spiro atoms. The van der Waals surface area contributed by atoms with Gasteiger partial charge in [-0.15, -0.1) is 0 Å². The van der Waals surface area contributed by atoms with Crippen LogP contribution in [0.4, 0.5) is 10.1 Å². The minimum Gasteiger partial charge on any atom is -0.488 e. The second-order valence-corrected chi connectivity index (χ2v) is 6.95. The Balaban J connectivity index is 1.70. The molecule has 1 amide bonds. The highest BCUT2D eigenvalue weighted by molar-refractivity contribution is 9.10. The monoisotopic (exact) mass is 450 g/mol. The van der Waals surface area contributed by atoms with Gasteiger partial charge in [0.2, 0.25) is 0 Å². The number of carbonyl (C=O) groups is 1. The number of nitrogens with zero attached hydrogens (tertiary/aromatic N) is 1. The third-order valence-corrected chi connectivity index (χ3v) is 4.59. The molecule has 0 aliphatic carbocycles. The smallest absolute Gasteiger partial charge is 0.266 e. The number of hydrogen-bond donors (Lipinski definition) is 1. The fraction of sp³-hybridized carbons (Fsp3) is 0.0435. The van der Waals surface area contributed by atoms with Crippen LogP contribution in [0.5, 0.6) is 5.75 Å². The van der Waals surface area contributed by atoms with Crippen LogP contribution in [0.15, 0.2) is 82.8 Å². The lowest BCUT2D eigenvalue weighted by Crippen LogP contribution is -2.13. The summed E-state index contributed by atoms with van der Waals surface area (Å²) < 4.78 is 19.5. The Bertz CT molecular complexity index is 1070. The molecule has 4 nitrogen and oxygen atoms in total. The normalized spacial score (nSPS) is 10.9. The van der Waals surface area contributed by atoms with Crippen molar-refractivity contribution in [1.82, 2.24) is 0 Å². The topological polar surface area (TPSA) is 62.1 Å². The lowest BCUT2D eigenvalue weighted by Gasteiger charge is -2.09. The lowest BCUT2D eigenvalue weighted by atomic mass is 10.1. The average Bonchev–Trinajstić information content (AvgIpc) is 2.73. The highest BCUT2D eigenvalue weighted by Crippen LogP contribution is 2.28. The van der Waals surface area contributed by atoms with Crippen molar-refractivity contribution in [3.05, 3.63) is 99.8 Å². The minimum atomic E-state index is -0.570. The van der Waals surface area contributed by atoms with E-state index >= 15 is 0 Å². The van der Waals surface area contributed by atoms with Crippen molar-refractivity contribution in [2.24, 2.45) is 0 Å². The van der Waals surface area contributed by atoms with Crippen LogP contribution in [-0.4, -0.2) is 5.91 Å². The summed E-state index contributed by atoms with van der Waals surface area (Å²) in [6, 6.07) is 22.3. The molecule has 0 saturated heterocycles. The minimum absolute atomic E-state index is 0.0702. The van der Waals surface area contributed by atoms with Crippen LogP contribution >= 0.6 is 15.9 Å². The fourth-order valence-electron chi connectivity index (χ4n) is 2.51. The van der Waals surface area contributed by atoms with Crippen LogP contribution in [0.3, 0.4) is 0 Å². The van der Waals surface area contributed by atoms with Crippen LogP contribution in [0.1, 0.15) is 11.1 Å². The SMILES string of the molecule is N#CC(=Cc1ccc(OCc2ccccc2)c(Br)c1)C(=O)Nc1ccc(F)cc1. The van der Waals surface area contributed by atoms with Gasteiger partial charge in [0.1, 0.15) is 29.8 Å². The van der Waals surface area contributed by atoms with Crippen molar-refractivity contribution in [2.45, 2.75) is 6.61 Å². The summed E-state index contributed by atoms with van der Waals surface area (Å²) in [7, 11) is 0. The van der Waals surface area contributed by atoms with Crippen LogP contribution in [-0.2, 0) is 11.4 Å². The van der Waals surface area contributed by atoms with Gasteiger partial charge < -0.3 is 10.1 Å². The van der Waals surface area contributed by atoms with E-state index in [4.69, 9.17) is 4.74 Å². The van der Waals surface area contributed by atoms with Gasteiger partial charge in [-0.1, -0.05) is 36.4 Å². The third kappa shape index (κ3) is 5.77. The number of benzene rings is 3. The molecule has 6 heteroatoms. The molecule has 3 aromatic rings. The Morgan fingerprint density at radius 2 is 1.83 bits per heavy atom. The molecule has 0 unspecified atom stereocenters. The highest BCUT2D eigenvalue weighted by Gasteiger charge is 2.11. The van der Waals surface area contributed by atoms with Crippen LogP contribution in [0, 0.1) is 17.1 Å². The standard InChI is InChI=1S/C23H16BrFN2O2/c24-21-13-17(6-11-22(21)29-15-16-4-2-1-3-5-16)12-18(14-26)23(28)27-20-9-7-19(25)8-10-20/h1-13H,15H2,(H,27,28). The van der Waals surface area contributed by atoms with Crippen LogP contribution in [0.2, 0.25) is 0 Å². The number of amides is 1. The van der Waals surface area contributed by atoms with E-state index in [1.807, 2.05) is 36.4 Å². The molecule has 29 heavy (non-hydrogen) atoms. The van der Waals surface area contributed by atoms with Gasteiger partial charge in [-0.2, -0.15) is 5.26 Å². The largest absolute Gasteiger partial charge is 0.488 e. The molecule has 0 aromatic heterocycles. The number of halogens is 2. The van der Waals surface area contributed by atoms with Gasteiger partial charge in [-0.25, -0.2) is 4.39 Å². The maximum atomic E-state index is 13.0. The maximum absolute atomic E-state index is 13.0. The van der Waals surface area contributed by atoms with E-state index in [1.165, 1.54) is 30.3 Å². The molecule has 144 valence electrons. The Labute approximate surface area is 176 Å². The summed E-state index contributed by atoms with van der Waals surface area (Å²) in [5.74, 6) is -0.321. The first-order valence-corrected chi connectivity index (χ1v) is 9.49. The summed E-state index contributed by atoms with van der Waals surface area (Å²) >= 11 is 3.46. The Hall–Kier alpha value is -3.43. The molecule has 3 rings (SSSR count). The number of nitriles is 1. The Morgan fingerprint density at radius 1 is 1.10 bits per heavy atom. The van der Waals surface area contributed by atoms with E-state index in [1.54, 1.807) is 18.2 Å². The first-order valence-electron chi connectivity index (χ1n) is 8.70. The fourth-order valence-corrected chi connectivity index (χ4v) is 3.02. The predicted molar refractivity (Wildman–Crippen MR) is 114 cm³/mol. The number of nitrogens with one attached hydrogen (secondary N) is 1. The molecular formula is C23H16BrFN2O2. The first kappa shape index (κ1) is 20.3. The molecule has 0 heterocycles. The predicted octanol–water partition coefficient (Wildman–Crippen LogP) is 5.71. The Morgan fingerprint density at radius 3 is 2.48 bits per heavy atom. The van der Waals surface area contributed by atoms with Gasteiger partial charge in [-0.3, -0.25) is 4.79 Å². The maximum Gasteiger partial charge on any atom is 0.266 e. The molecule has 0 aliphatic rings. The summed E-state index contributed by atoms with van der Waals surface area (Å²) in [5, 5.41) is 11.9. The number of anilines is 1. The van der Waals surface area contributed by atoms with Crippen molar-refractivity contribution >= 4 is 33.6 Å². The van der Waals surface area contributed by atoms with Gasteiger partial charge in [0.05, 0.1) is 4.47 Å². The zero-order valence-corrected chi connectivity index (χ0v) is 16.8. The van der Waals surface area contributed by atoms with Crippen molar-refractivity contribution in [3.63, 3.8) is 0 Å².